The number of aryl methyl sites for hydroxylation is 1. The summed E-state index contributed by atoms with van der Waals surface area (Å²) in [6.45, 7) is 3.21. The predicted molar refractivity (Wildman–Crippen MR) is 64.8 cm³/mol. The summed E-state index contributed by atoms with van der Waals surface area (Å²) in [6.07, 6.45) is 1.18. The molecule has 102 valence electrons. The topological polar surface area (TPSA) is 101 Å². The summed E-state index contributed by atoms with van der Waals surface area (Å²) in [6, 6.07) is -1.22. The normalized spacial score (nSPS) is 13.8. The molecule has 0 aliphatic rings. The van der Waals surface area contributed by atoms with Gasteiger partial charge >= 0.3 is 5.97 Å². The van der Waals surface area contributed by atoms with Gasteiger partial charge in [-0.25, -0.2) is 8.42 Å². The summed E-state index contributed by atoms with van der Waals surface area (Å²) in [5, 5.41) is 12.3. The zero-order valence-corrected chi connectivity index (χ0v) is 11.7. The molecule has 0 aromatic carbocycles. The van der Waals surface area contributed by atoms with Crippen LogP contribution in [0.1, 0.15) is 13.8 Å². The van der Waals surface area contributed by atoms with Crippen molar-refractivity contribution >= 4 is 27.6 Å². The maximum atomic E-state index is 12.0. The van der Waals surface area contributed by atoms with Gasteiger partial charge in [0.1, 0.15) is 6.04 Å². The minimum atomic E-state index is -4.03. The number of nitrogens with zero attached hydrogens (tertiary/aromatic N) is 2. The van der Waals surface area contributed by atoms with Crippen molar-refractivity contribution in [2.45, 2.75) is 24.9 Å². The number of nitrogens with one attached hydrogen (secondary N) is 1. The number of carboxylic acid groups (broad SMARTS) is 1. The summed E-state index contributed by atoms with van der Waals surface area (Å²) >= 11 is 5.72. The molecule has 9 heteroatoms. The van der Waals surface area contributed by atoms with Crippen LogP contribution in [0, 0.1) is 5.92 Å². The van der Waals surface area contributed by atoms with Gasteiger partial charge in [-0.3, -0.25) is 9.48 Å². The lowest BCUT2D eigenvalue weighted by Gasteiger charge is -2.18. The van der Waals surface area contributed by atoms with E-state index in [4.69, 9.17) is 16.7 Å². The Bertz CT molecular complexity index is 533. The minimum Gasteiger partial charge on any atom is -0.480 e. The fraction of sp³-hybridized carbons (Fsp3) is 0.556. The third-order valence-corrected chi connectivity index (χ3v) is 4.26. The van der Waals surface area contributed by atoms with Crippen LogP contribution in [-0.2, 0) is 21.9 Å². The van der Waals surface area contributed by atoms with Gasteiger partial charge in [0.05, 0.1) is 11.2 Å². The highest BCUT2D eigenvalue weighted by Crippen LogP contribution is 2.20. The van der Waals surface area contributed by atoms with Gasteiger partial charge in [-0.1, -0.05) is 25.4 Å². The molecule has 1 heterocycles. The summed E-state index contributed by atoms with van der Waals surface area (Å²) in [7, 11) is -2.62. The molecule has 7 nitrogen and oxygen atoms in total. The number of aliphatic carboxylic acids is 1. The van der Waals surface area contributed by atoms with Crippen molar-refractivity contribution in [3.63, 3.8) is 0 Å². The van der Waals surface area contributed by atoms with Crippen LogP contribution in [0.15, 0.2) is 11.2 Å². The first-order valence-electron chi connectivity index (χ1n) is 5.09. The van der Waals surface area contributed by atoms with Crippen molar-refractivity contribution in [1.29, 1.82) is 0 Å². The van der Waals surface area contributed by atoms with Crippen LogP contribution in [0.25, 0.3) is 0 Å². The van der Waals surface area contributed by atoms with Gasteiger partial charge in [-0.2, -0.15) is 9.82 Å². The van der Waals surface area contributed by atoms with E-state index in [0.29, 0.717) is 0 Å². The van der Waals surface area contributed by atoms with Crippen LogP contribution in [0.4, 0.5) is 0 Å². The van der Waals surface area contributed by atoms with Gasteiger partial charge in [0.25, 0.3) is 10.0 Å². The zero-order valence-electron chi connectivity index (χ0n) is 10.1. The molecule has 1 rings (SSSR count). The van der Waals surface area contributed by atoms with Crippen LogP contribution < -0.4 is 4.72 Å². The second kappa shape index (κ2) is 5.25. The first kappa shape index (κ1) is 14.9. The first-order valence-corrected chi connectivity index (χ1v) is 6.95. The Morgan fingerprint density at radius 3 is 2.44 bits per heavy atom. The maximum Gasteiger partial charge on any atom is 0.322 e. The molecule has 0 saturated carbocycles. The van der Waals surface area contributed by atoms with E-state index in [1.54, 1.807) is 13.8 Å². The Balaban J connectivity index is 3.13. The van der Waals surface area contributed by atoms with Crippen LogP contribution >= 0.6 is 11.6 Å². The molecule has 18 heavy (non-hydrogen) atoms. The van der Waals surface area contributed by atoms with Crippen molar-refractivity contribution in [1.82, 2.24) is 14.5 Å². The highest BCUT2D eigenvalue weighted by Gasteiger charge is 2.31. The summed E-state index contributed by atoms with van der Waals surface area (Å²) in [5.41, 5.74) is 0. The number of carboxylic acids is 1. The number of carbonyl (C=O) groups is 1. The largest absolute Gasteiger partial charge is 0.480 e. The van der Waals surface area contributed by atoms with E-state index >= 15 is 0 Å². The average Bonchev–Trinajstić information content (AvgIpc) is 2.54. The van der Waals surface area contributed by atoms with Crippen LogP contribution in [0.2, 0.25) is 5.02 Å². The van der Waals surface area contributed by atoms with Crippen molar-refractivity contribution in [2.24, 2.45) is 13.0 Å². The Kier molecular flexibility index (Phi) is 4.36. The quantitative estimate of drug-likeness (QED) is 0.822. The predicted octanol–water partition coefficient (Wildman–Crippen LogP) is 0.461. The Morgan fingerprint density at radius 2 is 2.11 bits per heavy atom. The Hall–Kier alpha value is -1.12. The molecule has 0 bridgehead atoms. The fourth-order valence-corrected chi connectivity index (χ4v) is 3.39. The molecule has 0 aliphatic heterocycles. The fourth-order valence-electron chi connectivity index (χ4n) is 1.40. The van der Waals surface area contributed by atoms with Crippen LogP contribution in [0.5, 0.6) is 0 Å². The number of hydrogen-bond donors (Lipinski definition) is 2. The monoisotopic (exact) mass is 295 g/mol. The van der Waals surface area contributed by atoms with E-state index in [9.17, 15) is 13.2 Å². The lowest BCUT2D eigenvalue weighted by molar-refractivity contribution is -0.140. The SMILES string of the molecule is CC(C)[C@@H](NS(=O)(=O)c1c(Cl)cnn1C)C(=O)O. The molecule has 0 spiro atoms. The molecule has 0 unspecified atom stereocenters. The van der Waals surface area contributed by atoms with Crippen molar-refractivity contribution in [2.75, 3.05) is 0 Å². The second-order valence-corrected chi connectivity index (χ2v) is 6.14. The maximum absolute atomic E-state index is 12.0. The second-order valence-electron chi connectivity index (χ2n) is 4.10. The van der Waals surface area contributed by atoms with Crippen LogP contribution in [-0.4, -0.2) is 35.3 Å². The number of hydrogen-bond acceptors (Lipinski definition) is 4. The standard InChI is InChI=1S/C9H14ClN3O4S/c1-5(2)7(9(14)15)12-18(16,17)8-6(10)4-11-13(8)3/h4-5,7,12H,1-3H3,(H,14,15)/t7-/m1/s1. The number of rotatable bonds is 5. The van der Waals surface area contributed by atoms with Gasteiger partial charge in [0.2, 0.25) is 0 Å². The van der Waals surface area contributed by atoms with Crippen molar-refractivity contribution in [3.8, 4) is 0 Å². The van der Waals surface area contributed by atoms with E-state index < -0.39 is 28.0 Å². The van der Waals surface area contributed by atoms with E-state index in [2.05, 4.69) is 9.82 Å². The molecule has 0 amide bonds. The molecule has 0 radical (unpaired) electrons. The number of halogens is 1. The van der Waals surface area contributed by atoms with Crippen LogP contribution in [0.3, 0.4) is 0 Å². The minimum absolute atomic E-state index is 0.0575. The zero-order chi connectivity index (χ0) is 14.1. The highest BCUT2D eigenvalue weighted by molar-refractivity contribution is 7.89. The van der Waals surface area contributed by atoms with E-state index in [-0.39, 0.29) is 10.0 Å². The summed E-state index contributed by atoms with van der Waals surface area (Å²) < 4.78 is 27.2. The number of aromatic nitrogens is 2. The molecule has 2 N–H and O–H groups in total. The van der Waals surface area contributed by atoms with Gasteiger partial charge in [-0.05, 0) is 5.92 Å². The third kappa shape index (κ3) is 3.01. The third-order valence-electron chi connectivity index (χ3n) is 2.31. The average molecular weight is 296 g/mol. The van der Waals surface area contributed by atoms with Gasteiger partial charge in [0.15, 0.2) is 5.03 Å². The van der Waals surface area contributed by atoms with Crippen molar-refractivity contribution < 1.29 is 18.3 Å². The van der Waals surface area contributed by atoms with E-state index in [0.717, 1.165) is 4.68 Å². The van der Waals surface area contributed by atoms with Gasteiger partial charge in [0, 0.05) is 7.05 Å². The summed E-state index contributed by atoms with van der Waals surface area (Å²) in [5.74, 6) is -1.64. The molecule has 0 saturated heterocycles. The van der Waals surface area contributed by atoms with Gasteiger partial charge in [-0.15, -0.1) is 0 Å². The van der Waals surface area contributed by atoms with Crippen molar-refractivity contribution in [3.05, 3.63) is 11.2 Å². The van der Waals surface area contributed by atoms with Gasteiger partial charge < -0.3 is 5.11 Å². The Labute approximate surface area is 110 Å². The number of sulfonamides is 1. The lowest BCUT2D eigenvalue weighted by Crippen LogP contribution is -2.44. The van der Waals surface area contributed by atoms with E-state index in [1.807, 2.05) is 0 Å². The molecular weight excluding hydrogens is 282 g/mol. The first-order chi connectivity index (χ1) is 8.16. The molecule has 0 aliphatic carbocycles. The molecule has 1 aromatic heterocycles. The molecule has 0 fully saturated rings. The lowest BCUT2D eigenvalue weighted by atomic mass is 10.1. The molecule has 1 atom stereocenters. The molecular formula is C9H14ClN3O4S. The smallest absolute Gasteiger partial charge is 0.322 e. The summed E-state index contributed by atoms with van der Waals surface area (Å²) in [4.78, 5) is 11.0. The van der Waals surface area contributed by atoms with E-state index in [1.165, 1.54) is 13.2 Å². The molecule has 1 aromatic rings. The Morgan fingerprint density at radius 1 is 1.56 bits per heavy atom. The highest BCUT2D eigenvalue weighted by atomic mass is 35.5.